The SMILES string of the molecule is CN(C)C/C=C/C(=O)NCc1ccc2c(c1)C(=O)NCC2. The molecule has 1 heterocycles. The third-order valence-corrected chi connectivity index (χ3v) is 3.31. The van der Waals surface area contributed by atoms with Crippen LogP contribution in [0.2, 0.25) is 0 Å². The molecule has 0 spiro atoms. The van der Waals surface area contributed by atoms with Gasteiger partial charge in [0.2, 0.25) is 5.91 Å². The van der Waals surface area contributed by atoms with E-state index < -0.39 is 0 Å². The lowest BCUT2D eigenvalue weighted by Crippen LogP contribution is -2.32. The largest absolute Gasteiger partial charge is 0.352 e. The van der Waals surface area contributed by atoms with E-state index in [0.29, 0.717) is 13.1 Å². The van der Waals surface area contributed by atoms with Gasteiger partial charge in [-0.3, -0.25) is 9.59 Å². The third kappa shape index (κ3) is 4.43. The number of amides is 2. The van der Waals surface area contributed by atoms with Crippen molar-refractivity contribution in [3.05, 3.63) is 47.0 Å². The first-order valence-electron chi connectivity index (χ1n) is 7.05. The van der Waals surface area contributed by atoms with Crippen LogP contribution in [0.3, 0.4) is 0 Å². The second kappa shape index (κ2) is 7.04. The van der Waals surface area contributed by atoms with E-state index in [9.17, 15) is 9.59 Å². The molecule has 5 nitrogen and oxygen atoms in total. The minimum absolute atomic E-state index is 0.0321. The molecule has 2 amide bonds. The van der Waals surface area contributed by atoms with Crippen LogP contribution >= 0.6 is 0 Å². The zero-order valence-electron chi connectivity index (χ0n) is 12.5. The van der Waals surface area contributed by atoms with Gasteiger partial charge in [-0.2, -0.15) is 0 Å². The molecule has 0 bridgehead atoms. The van der Waals surface area contributed by atoms with Crippen LogP contribution in [0.1, 0.15) is 21.5 Å². The summed E-state index contributed by atoms with van der Waals surface area (Å²) in [5.74, 6) is -0.158. The highest BCUT2D eigenvalue weighted by atomic mass is 16.2. The Bertz CT molecular complexity index is 565. The van der Waals surface area contributed by atoms with Crippen molar-refractivity contribution in [2.75, 3.05) is 27.2 Å². The molecule has 1 aromatic rings. The van der Waals surface area contributed by atoms with E-state index in [-0.39, 0.29) is 11.8 Å². The molecule has 0 atom stereocenters. The normalized spacial score (nSPS) is 14.1. The molecular formula is C16H21N3O2. The van der Waals surface area contributed by atoms with Crippen LogP contribution in [0.25, 0.3) is 0 Å². The molecule has 5 heteroatoms. The van der Waals surface area contributed by atoms with Gasteiger partial charge in [-0.25, -0.2) is 0 Å². The quantitative estimate of drug-likeness (QED) is 0.784. The van der Waals surface area contributed by atoms with Crippen LogP contribution in [0.5, 0.6) is 0 Å². The molecule has 0 fully saturated rings. The van der Waals surface area contributed by atoms with Gasteiger partial charge >= 0.3 is 0 Å². The number of benzene rings is 1. The van der Waals surface area contributed by atoms with E-state index in [1.165, 1.54) is 6.08 Å². The molecule has 1 aromatic carbocycles. The Labute approximate surface area is 125 Å². The van der Waals surface area contributed by atoms with Crippen molar-refractivity contribution < 1.29 is 9.59 Å². The average molecular weight is 287 g/mol. The third-order valence-electron chi connectivity index (χ3n) is 3.31. The van der Waals surface area contributed by atoms with Crippen molar-refractivity contribution in [2.24, 2.45) is 0 Å². The fourth-order valence-corrected chi connectivity index (χ4v) is 2.19. The second-order valence-corrected chi connectivity index (χ2v) is 5.38. The molecule has 2 rings (SSSR count). The van der Waals surface area contributed by atoms with Crippen molar-refractivity contribution in [1.29, 1.82) is 0 Å². The number of fused-ring (bicyclic) bond motifs is 1. The van der Waals surface area contributed by atoms with Gasteiger partial charge < -0.3 is 15.5 Å². The van der Waals surface area contributed by atoms with Crippen LogP contribution in [-0.2, 0) is 17.8 Å². The van der Waals surface area contributed by atoms with E-state index in [4.69, 9.17) is 0 Å². The first-order chi connectivity index (χ1) is 10.1. The summed E-state index contributed by atoms with van der Waals surface area (Å²) >= 11 is 0. The topological polar surface area (TPSA) is 61.4 Å². The smallest absolute Gasteiger partial charge is 0.251 e. The van der Waals surface area contributed by atoms with Gasteiger partial charge in [-0.15, -0.1) is 0 Å². The van der Waals surface area contributed by atoms with Gasteiger partial charge in [0.25, 0.3) is 5.91 Å². The predicted molar refractivity (Wildman–Crippen MR) is 82.0 cm³/mol. The molecule has 0 aromatic heterocycles. The Morgan fingerprint density at radius 3 is 3.00 bits per heavy atom. The number of carbonyl (C=O) groups excluding carboxylic acids is 2. The van der Waals surface area contributed by atoms with Gasteiger partial charge in [-0.1, -0.05) is 18.2 Å². The lowest BCUT2D eigenvalue weighted by Gasteiger charge is -2.17. The second-order valence-electron chi connectivity index (χ2n) is 5.38. The Morgan fingerprint density at radius 1 is 1.43 bits per heavy atom. The van der Waals surface area contributed by atoms with E-state index in [1.54, 1.807) is 0 Å². The zero-order valence-corrected chi connectivity index (χ0v) is 12.5. The van der Waals surface area contributed by atoms with E-state index in [2.05, 4.69) is 10.6 Å². The highest BCUT2D eigenvalue weighted by molar-refractivity contribution is 5.96. The maximum absolute atomic E-state index is 11.8. The summed E-state index contributed by atoms with van der Waals surface area (Å²) in [4.78, 5) is 25.4. The van der Waals surface area contributed by atoms with Crippen LogP contribution in [-0.4, -0.2) is 43.9 Å². The summed E-state index contributed by atoms with van der Waals surface area (Å²) in [6.45, 7) is 1.84. The molecule has 1 aliphatic heterocycles. The summed E-state index contributed by atoms with van der Waals surface area (Å²) in [5.41, 5.74) is 2.72. The number of nitrogens with zero attached hydrogens (tertiary/aromatic N) is 1. The summed E-state index contributed by atoms with van der Waals surface area (Å²) in [6, 6.07) is 5.78. The maximum Gasteiger partial charge on any atom is 0.251 e. The number of carbonyl (C=O) groups is 2. The molecular weight excluding hydrogens is 266 g/mol. The lowest BCUT2D eigenvalue weighted by atomic mass is 9.98. The highest BCUT2D eigenvalue weighted by Gasteiger charge is 2.16. The fraction of sp³-hybridized carbons (Fsp3) is 0.375. The Hall–Kier alpha value is -2.14. The van der Waals surface area contributed by atoms with Crippen molar-refractivity contribution in [1.82, 2.24) is 15.5 Å². The number of likely N-dealkylation sites (N-methyl/N-ethyl adjacent to an activating group) is 1. The maximum atomic E-state index is 11.8. The van der Waals surface area contributed by atoms with Crippen molar-refractivity contribution in [3.8, 4) is 0 Å². The van der Waals surface area contributed by atoms with Gasteiger partial charge in [0, 0.05) is 31.3 Å². The molecule has 0 saturated heterocycles. The number of hydrogen-bond acceptors (Lipinski definition) is 3. The predicted octanol–water partition coefficient (Wildman–Crippen LogP) is 0.706. The van der Waals surface area contributed by atoms with Crippen molar-refractivity contribution in [3.63, 3.8) is 0 Å². The molecule has 0 radical (unpaired) electrons. The van der Waals surface area contributed by atoms with Gasteiger partial charge in [0.05, 0.1) is 0 Å². The van der Waals surface area contributed by atoms with Crippen LogP contribution in [0, 0.1) is 0 Å². The molecule has 2 N–H and O–H groups in total. The Morgan fingerprint density at radius 2 is 2.24 bits per heavy atom. The van der Waals surface area contributed by atoms with Crippen LogP contribution in [0.4, 0.5) is 0 Å². The minimum Gasteiger partial charge on any atom is -0.352 e. The lowest BCUT2D eigenvalue weighted by molar-refractivity contribution is -0.116. The highest BCUT2D eigenvalue weighted by Crippen LogP contribution is 2.15. The molecule has 0 unspecified atom stereocenters. The number of rotatable bonds is 5. The summed E-state index contributed by atoms with van der Waals surface area (Å²) in [5, 5.41) is 5.65. The van der Waals surface area contributed by atoms with Gasteiger partial charge in [0.1, 0.15) is 0 Å². The van der Waals surface area contributed by atoms with Gasteiger partial charge in [0.15, 0.2) is 0 Å². The number of hydrogen-bond donors (Lipinski definition) is 2. The van der Waals surface area contributed by atoms with E-state index >= 15 is 0 Å². The monoisotopic (exact) mass is 287 g/mol. The van der Waals surface area contributed by atoms with E-state index in [0.717, 1.165) is 29.7 Å². The zero-order chi connectivity index (χ0) is 15.2. The molecule has 21 heavy (non-hydrogen) atoms. The fourth-order valence-electron chi connectivity index (χ4n) is 2.19. The first kappa shape index (κ1) is 15.3. The number of nitrogens with one attached hydrogen (secondary N) is 2. The van der Waals surface area contributed by atoms with E-state index in [1.807, 2.05) is 43.3 Å². The summed E-state index contributed by atoms with van der Waals surface area (Å²) < 4.78 is 0. The Balaban J connectivity index is 1.92. The summed E-state index contributed by atoms with van der Waals surface area (Å²) in [6.07, 6.45) is 4.21. The average Bonchev–Trinajstić information content (AvgIpc) is 2.45. The van der Waals surface area contributed by atoms with Crippen LogP contribution in [0.15, 0.2) is 30.4 Å². The van der Waals surface area contributed by atoms with Gasteiger partial charge in [-0.05, 0) is 37.7 Å². The van der Waals surface area contributed by atoms with Crippen molar-refractivity contribution in [2.45, 2.75) is 13.0 Å². The Kier molecular flexibility index (Phi) is 5.11. The van der Waals surface area contributed by atoms with Crippen molar-refractivity contribution >= 4 is 11.8 Å². The summed E-state index contributed by atoms with van der Waals surface area (Å²) in [7, 11) is 3.89. The molecule has 0 saturated carbocycles. The van der Waals surface area contributed by atoms with Crippen LogP contribution < -0.4 is 10.6 Å². The standard InChI is InChI=1S/C16H21N3O2/c1-19(2)9-3-4-15(20)18-11-12-5-6-13-7-8-17-16(21)14(13)10-12/h3-6,10H,7-9,11H2,1-2H3,(H,17,21)(H,18,20)/b4-3+. The first-order valence-corrected chi connectivity index (χ1v) is 7.05. The minimum atomic E-state index is -0.126. The molecule has 1 aliphatic rings. The molecule has 0 aliphatic carbocycles. The molecule has 112 valence electrons.